The second kappa shape index (κ2) is 10.8. The van der Waals surface area contributed by atoms with Gasteiger partial charge in [0.2, 0.25) is 0 Å². The average molecular weight is 507 g/mol. The second-order valence-corrected chi connectivity index (χ2v) is 9.58. The smallest absolute Gasteiger partial charge is 0.251 e. The molecule has 0 aliphatic carbocycles. The summed E-state index contributed by atoms with van der Waals surface area (Å²) < 4.78 is 0.877. The van der Waals surface area contributed by atoms with Crippen LogP contribution in [0.4, 0.5) is 11.4 Å². The predicted molar refractivity (Wildman–Crippen MR) is 139 cm³/mol. The van der Waals surface area contributed by atoms with E-state index in [-0.39, 0.29) is 36.6 Å². The van der Waals surface area contributed by atoms with Crippen molar-refractivity contribution >= 4 is 58.1 Å². The van der Waals surface area contributed by atoms with Gasteiger partial charge in [-0.15, -0.1) is 24.0 Å². The number of benzene rings is 3. The van der Waals surface area contributed by atoms with Gasteiger partial charge in [0.15, 0.2) is 0 Å². The number of quaternary nitrogens is 1. The predicted octanol–water partition coefficient (Wildman–Crippen LogP) is 2.44. The molecule has 1 amide bonds. The number of hydrogen-bond acceptors (Lipinski definition) is 2. The van der Waals surface area contributed by atoms with Crippen LogP contribution in [0.15, 0.2) is 60.7 Å². The first-order chi connectivity index (χ1) is 14.8. The molecule has 3 aromatic carbocycles. The molecule has 4 nitrogen and oxygen atoms in total. The summed E-state index contributed by atoms with van der Waals surface area (Å²) in [5, 5.41) is 2.09. The van der Waals surface area contributed by atoms with Crippen molar-refractivity contribution in [2.45, 2.75) is 12.5 Å². The molecule has 1 unspecified atom stereocenters. The van der Waals surface area contributed by atoms with Crippen LogP contribution < -0.4 is 23.0 Å². The molecule has 0 saturated carbocycles. The molecule has 7 heteroatoms. The Kier molecular flexibility index (Phi) is 8.83. The molecule has 4 rings (SSSR count). The molecule has 1 aliphatic heterocycles. The summed E-state index contributed by atoms with van der Waals surface area (Å²) in [6.07, 6.45) is 3.51. The Morgan fingerprint density at radius 1 is 1.12 bits per heavy atom. The fraction of sp³-hybridized carbons (Fsp3) is 0.269. The molecule has 0 spiro atoms. The van der Waals surface area contributed by atoms with Crippen LogP contribution >= 0.6 is 24.0 Å². The number of anilines is 2. The summed E-state index contributed by atoms with van der Waals surface area (Å²) in [6, 6.07) is 18.3. The van der Waals surface area contributed by atoms with Gasteiger partial charge in [0, 0.05) is 41.1 Å². The first kappa shape index (κ1) is 27.0. The van der Waals surface area contributed by atoms with Crippen molar-refractivity contribution in [3.05, 3.63) is 77.4 Å². The first-order valence-corrected chi connectivity index (χ1v) is 11.1. The Bertz CT molecular complexity index is 1150. The summed E-state index contributed by atoms with van der Waals surface area (Å²) in [5.74, 6) is 0.496. The van der Waals surface area contributed by atoms with Gasteiger partial charge in [0.05, 0.1) is 26.8 Å². The van der Waals surface area contributed by atoms with Gasteiger partial charge < -0.3 is 27.5 Å². The molecule has 1 aliphatic rings. The Hall–Kier alpha value is -2.24. The highest BCUT2D eigenvalue weighted by Crippen LogP contribution is 2.44. The summed E-state index contributed by atoms with van der Waals surface area (Å²) in [4.78, 5) is 14.9. The molecule has 0 fully saturated rings. The molecule has 176 valence electrons. The Morgan fingerprint density at radius 2 is 1.76 bits per heavy atom. The molecular weight excluding hydrogens is 477 g/mol. The zero-order valence-corrected chi connectivity index (χ0v) is 21.4. The highest BCUT2D eigenvalue weighted by Gasteiger charge is 2.33. The number of halogens is 3. The summed E-state index contributed by atoms with van der Waals surface area (Å²) in [7, 11) is 6.51. The maximum Gasteiger partial charge on any atom is 0.251 e. The lowest BCUT2D eigenvalue weighted by Gasteiger charge is -2.23. The van der Waals surface area contributed by atoms with Crippen LogP contribution in [-0.4, -0.2) is 44.0 Å². The fourth-order valence-electron chi connectivity index (χ4n) is 4.35. The van der Waals surface area contributed by atoms with Gasteiger partial charge in [0.1, 0.15) is 6.54 Å². The van der Waals surface area contributed by atoms with E-state index in [4.69, 9.17) is 17.3 Å². The zero-order chi connectivity index (χ0) is 22.2. The summed E-state index contributed by atoms with van der Waals surface area (Å²) >= 11 is 6.29. The number of carbonyl (C=O) groups is 1. The van der Waals surface area contributed by atoms with Crippen LogP contribution in [0.1, 0.15) is 22.6 Å². The molecular formula is C26H30Cl3N3O. The number of carbonyl (C=O) groups excluding carboxylic acids is 1. The maximum atomic E-state index is 13.1. The second-order valence-electron chi connectivity index (χ2n) is 9.27. The lowest BCUT2D eigenvalue weighted by atomic mass is 9.95. The van der Waals surface area contributed by atoms with E-state index in [1.165, 1.54) is 5.56 Å². The number of fused-ring (bicyclic) bond motifs is 3. The van der Waals surface area contributed by atoms with Crippen LogP contribution in [0, 0.1) is 0 Å². The molecule has 33 heavy (non-hydrogen) atoms. The number of nitrogens with two attached hydrogens (primary N) is 1. The number of nitrogens with zero attached hydrogens (tertiary/aromatic N) is 2. The number of nitrogen functional groups attached to an aromatic ring is 1. The van der Waals surface area contributed by atoms with Crippen molar-refractivity contribution in [1.29, 1.82) is 0 Å². The van der Waals surface area contributed by atoms with Crippen molar-refractivity contribution in [3.8, 4) is 0 Å². The van der Waals surface area contributed by atoms with Crippen LogP contribution in [0.5, 0.6) is 0 Å². The molecule has 3 aromatic rings. The number of hydrogen-bond donors (Lipinski definition) is 1. The Labute approximate surface area is 213 Å². The van der Waals surface area contributed by atoms with Crippen molar-refractivity contribution in [2.75, 3.05) is 44.2 Å². The molecule has 0 aromatic heterocycles. The van der Waals surface area contributed by atoms with Gasteiger partial charge in [-0.2, -0.15) is 0 Å². The van der Waals surface area contributed by atoms with E-state index in [1.54, 1.807) is 11.0 Å². The van der Waals surface area contributed by atoms with E-state index in [0.717, 1.165) is 38.6 Å². The molecule has 0 radical (unpaired) electrons. The monoisotopic (exact) mass is 505 g/mol. The van der Waals surface area contributed by atoms with Crippen molar-refractivity contribution in [3.63, 3.8) is 0 Å². The third-order valence-corrected chi connectivity index (χ3v) is 6.08. The lowest BCUT2D eigenvalue weighted by molar-refractivity contribution is -0.884. The van der Waals surface area contributed by atoms with E-state index in [1.807, 2.05) is 30.3 Å². The molecule has 0 bridgehead atoms. The Morgan fingerprint density at radius 3 is 2.36 bits per heavy atom. The van der Waals surface area contributed by atoms with Gasteiger partial charge in [-0.3, -0.25) is 4.79 Å². The van der Waals surface area contributed by atoms with Crippen molar-refractivity contribution < 1.29 is 21.7 Å². The quantitative estimate of drug-likeness (QED) is 0.250. The van der Waals surface area contributed by atoms with E-state index in [0.29, 0.717) is 18.1 Å². The third kappa shape index (κ3) is 5.82. The first-order valence-electron chi connectivity index (χ1n) is 10.5. The van der Waals surface area contributed by atoms with Crippen LogP contribution in [0.25, 0.3) is 16.8 Å². The van der Waals surface area contributed by atoms with Gasteiger partial charge in [-0.1, -0.05) is 48.5 Å². The van der Waals surface area contributed by atoms with E-state index in [9.17, 15) is 4.79 Å². The van der Waals surface area contributed by atoms with E-state index in [2.05, 4.69) is 51.5 Å². The van der Waals surface area contributed by atoms with Gasteiger partial charge in [-0.25, -0.2) is 0 Å². The molecule has 0 saturated heterocycles. The summed E-state index contributed by atoms with van der Waals surface area (Å²) in [5.41, 5.74) is 11.3. The van der Waals surface area contributed by atoms with Gasteiger partial charge in [-0.05, 0) is 28.7 Å². The maximum absolute atomic E-state index is 13.1. The zero-order valence-electron chi connectivity index (χ0n) is 19.1. The fourth-order valence-corrected chi connectivity index (χ4v) is 4.60. The minimum Gasteiger partial charge on any atom is -1.00 e. The molecule has 1 atom stereocenters. The molecule has 2 N–H and O–H groups in total. The minimum atomic E-state index is -0.0565. The number of amides is 1. The van der Waals surface area contributed by atoms with E-state index < -0.39 is 0 Å². The van der Waals surface area contributed by atoms with Crippen LogP contribution in [-0.2, 0) is 11.3 Å². The summed E-state index contributed by atoms with van der Waals surface area (Å²) in [6.45, 7) is 1.53. The van der Waals surface area contributed by atoms with Crippen molar-refractivity contribution in [2.24, 2.45) is 0 Å². The highest BCUT2D eigenvalue weighted by atomic mass is 35.5. The highest BCUT2D eigenvalue weighted by molar-refractivity contribution is 6.19. The minimum absolute atomic E-state index is 0. The normalized spacial score (nSPS) is 15.3. The number of alkyl halides is 1. The standard InChI is InChI=1S/C26H29ClN3O.2ClH/c1-30(2,3)17-19-10-8-18(9-11-19)12-13-25(31)29-16-20(15-27)26-22-7-5-4-6-21(22)23(28)14-24(26)29;;/h4-14,20H,15-17,28H2,1-3H3;2*1H/q+1;;/p-1/b13-12+;;. The molecule has 1 heterocycles. The Balaban J connectivity index is 0.00000193. The van der Waals surface area contributed by atoms with E-state index >= 15 is 0 Å². The SMILES string of the molecule is C[N+](C)(C)Cc1ccc(/C=C/C(=O)N2CC(CCl)c3c2cc(N)c2ccccc32)cc1.Cl.[Cl-]. The number of rotatable bonds is 5. The largest absolute Gasteiger partial charge is 1.00 e. The lowest BCUT2D eigenvalue weighted by Crippen LogP contribution is -3.00. The third-order valence-electron chi connectivity index (χ3n) is 5.71. The topological polar surface area (TPSA) is 46.3 Å². The average Bonchev–Trinajstić information content (AvgIpc) is 3.11. The van der Waals surface area contributed by atoms with Gasteiger partial charge in [0.25, 0.3) is 5.91 Å². The van der Waals surface area contributed by atoms with Crippen LogP contribution in [0.2, 0.25) is 0 Å². The van der Waals surface area contributed by atoms with Crippen molar-refractivity contribution in [1.82, 2.24) is 0 Å². The van der Waals surface area contributed by atoms with Gasteiger partial charge >= 0.3 is 0 Å². The van der Waals surface area contributed by atoms with Crippen LogP contribution in [0.3, 0.4) is 0 Å².